The Balaban J connectivity index is 1.84. The summed E-state index contributed by atoms with van der Waals surface area (Å²) in [6, 6.07) is 5.08. The van der Waals surface area contributed by atoms with E-state index >= 15 is 0 Å². The van der Waals surface area contributed by atoms with Gasteiger partial charge in [-0.25, -0.2) is 13.1 Å². The lowest BCUT2D eigenvalue weighted by atomic mass is 10.1. The van der Waals surface area contributed by atoms with E-state index < -0.39 is 10.0 Å². The molecule has 7 heteroatoms. The predicted octanol–water partition coefficient (Wildman–Crippen LogP) is 2.03. The van der Waals surface area contributed by atoms with E-state index in [2.05, 4.69) is 4.72 Å². The van der Waals surface area contributed by atoms with Crippen molar-refractivity contribution in [3.8, 4) is 0 Å². The summed E-state index contributed by atoms with van der Waals surface area (Å²) < 4.78 is 28.4. The van der Waals surface area contributed by atoms with Crippen LogP contribution in [0, 0.1) is 12.8 Å². The van der Waals surface area contributed by atoms with Crippen molar-refractivity contribution in [1.82, 2.24) is 9.62 Å². The minimum absolute atomic E-state index is 0.00248. The summed E-state index contributed by atoms with van der Waals surface area (Å²) in [7, 11) is -3.62. The number of hydrogen-bond donors (Lipinski definition) is 2. The second kappa shape index (κ2) is 7.66. The van der Waals surface area contributed by atoms with Crippen LogP contribution in [0.15, 0.2) is 23.1 Å². The summed E-state index contributed by atoms with van der Waals surface area (Å²) in [5.41, 5.74) is 6.83. The minimum Gasteiger partial charge on any atom is -0.336 e. The lowest BCUT2D eigenvalue weighted by molar-refractivity contribution is 0.0743. The van der Waals surface area contributed by atoms with Gasteiger partial charge in [0, 0.05) is 24.2 Å². The Morgan fingerprint density at radius 1 is 1.31 bits per heavy atom. The number of rotatable bonds is 5. The van der Waals surface area contributed by atoms with Gasteiger partial charge >= 0.3 is 0 Å². The smallest absolute Gasteiger partial charge is 0.254 e. The summed E-state index contributed by atoms with van der Waals surface area (Å²) in [6.45, 7) is 4.97. The first kappa shape index (κ1) is 19.3. The Kier molecular flexibility index (Phi) is 5.69. The number of benzene rings is 1. The lowest BCUT2D eigenvalue weighted by Crippen LogP contribution is -2.35. The molecule has 0 radical (unpaired) electrons. The number of nitrogens with one attached hydrogen (secondary N) is 1. The molecule has 144 valence electrons. The molecule has 26 heavy (non-hydrogen) atoms. The van der Waals surface area contributed by atoms with Gasteiger partial charge in [0.25, 0.3) is 5.91 Å². The fourth-order valence-electron chi connectivity index (χ4n) is 4.11. The number of aryl methyl sites for hydroxylation is 1. The summed E-state index contributed by atoms with van der Waals surface area (Å²) >= 11 is 0. The van der Waals surface area contributed by atoms with Gasteiger partial charge in [0.05, 0.1) is 4.90 Å². The summed E-state index contributed by atoms with van der Waals surface area (Å²) in [6.07, 6.45) is 4.76. The maximum atomic E-state index is 12.9. The summed E-state index contributed by atoms with van der Waals surface area (Å²) in [5, 5.41) is 0. The molecule has 2 unspecified atom stereocenters. The highest BCUT2D eigenvalue weighted by molar-refractivity contribution is 7.89. The van der Waals surface area contributed by atoms with Crippen molar-refractivity contribution >= 4 is 15.9 Å². The number of carbonyl (C=O) groups excluding carboxylic acids is 1. The molecular weight excluding hydrogens is 350 g/mol. The molecule has 6 nitrogen and oxygen atoms in total. The quantitative estimate of drug-likeness (QED) is 0.819. The average molecular weight is 380 g/mol. The highest BCUT2D eigenvalue weighted by atomic mass is 32.2. The summed E-state index contributed by atoms with van der Waals surface area (Å²) in [4.78, 5) is 14.9. The maximum absolute atomic E-state index is 12.9. The van der Waals surface area contributed by atoms with E-state index in [-0.39, 0.29) is 22.9 Å². The molecule has 2 atom stereocenters. The van der Waals surface area contributed by atoms with Crippen molar-refractivity contribution in [3.05, 3.63) is 29.3 Å². The number of carbonyl (C=O) groups is 1. The van der Waals surface area contributed by atoms with Crippen LogP contribution in [-0.4, -0.2) is 44.4 Å². The highest BCUT2D eigenvalue weighted by Crippen LogP contribution is 2.26. The van der Waals surface area contributed by atoms with Crippen LogP contribution >= 0.6 is 0 Å². The largest absolute Gasteiger partial charge is 0.336 e. The average Bonchev–Trinajstić information content (AvgIpc) is 3.23. The number of hydrogen-bond acceptors (Lipinski definition) is 4. The standard InChI is InChI=1S/C19H29N3O3S/c1-13-7-8-16(19(23)22-12-15(11-20)9-14(22)2)10-18(13)26(24,25)21-17-5-3-4-6-17/h7-8,10,14-15,17,21H,3-6,9,11-12,20H2,1-2H3. The second-order valence-electron chi connectivity index (χ2n) is 7.73. The SMILES string of the molecule is Cc1ccc(C(=O)N2CC(CN)CC2C)cc1S(=O)(=O)NC1CCCC1. The van der Waals surface area contributed by atoms with E-state index in [1.54, 1.807) is 19.1 Å². The highest BCUT2D eigenvalue weighted by Gasteiger charge is 2.33. The van der Waals surface area contributed by atoms with Gasteiger partial charge in [-0.1, -0.05) is 18.9 Å². The van der Waals surface area contributed by atoms with Crippen molar-refractivity contribution in [2.75, 3.05) is 13.1 Å². The molecule has 0 spiro atoms. The first-order chi connectivity index (χ1) is 12.3. The molecule has 0 aromatic heterocycles. The van der Waals surface area contributed by atoms with Crippen molar-refractivity contribution < 1.29 is 13.2 Å². The maximum Gasteiger partial charge on any atom is 0.254 e. The first-order valence-electron chi connectivity index (χ1n) is 9.46. The Bertz CT molecular complexity index is 772. The molecule has 1 aliphatic carbocycles. The second-order valence-corrected chi connectivity index (χ2v) is 9.41. The fourth-order valence-corrected chi connectivity index (χ4v) is 5.69. The zero-order valence-electron chi connectivity index (χ0n) is 15.6. The number of sulfonamides is 1. The van der Waals surface area contributed by atoms with Crippen LogP contribution in [0.4, 0.5) is 0 Å². The zero-order valence-corrected chi connectivity index (χ0v) is 16.4. The Labute approximate surface area is 156 Å². The first-order valence-corrected chi connectivity index (χ1v) is 10.9. The van der Waals surface area contributed by atoms with Crippen LogP contribution in [0.1, 0.15) is 54.9 Å². The number of amides is 1. The number of likely N-dealkylation sites (tertiary alicyclic amines) is 1. The zero-order chi connectivity index (χ0) is 18.9. The van der Waals surface area contributed by atoms with Gasteiger partial charge in [-0.15, -0.1) is 0 Å². The normalized spacial score (nSPS) is 24.3. The van der Waals surface area contributed by atoms with Gasteiger partial charge in [0.1, 0.15) is 0 Å². The van der Waals surface area contributed by atoms with E-state index in [9.17, 15) is 13.2 Å². The van der Waals surface area contributed by atoms with Gasteiger partial charge in [-0.2, -0.15) is 0 Å². The van der Waals surface area contributed by atoms with Crippen molar-refractivity contribution in [1.29, 1.82) is 0 Å². The van der Waals surface area contributed by atoms with Gasteiger partial charge < -0.3 is 10.6 Å². The van der Waals surface area contributed by atoms with E-state index in [4.69, 9.17) is 5.73 Å². The molecule has 2 fully saturated rings. The monoisotopic (exact) mass is 379 g/mol. The molecule has 3 rings (SSSR count). The summed E-state index contributed by atoms with van der Waals surface area (Å²) in [5.74, 6) is 0.192. The van der Waals surface area contributed by atoms with Crippen LogP contribution < -0.4 is 10.5 Å². The van der Waals surface area contributed by atoms with Crippen molar-refractivity contribution in [2.45, 2.75) is 62.9 Å². The van der Waals surface area contributed by atoms with Gasteiger partial charge in [-0.05, 0) is 63.3 Å². The Morgan fingerprint density at radius 2 is 2.00 bits per heavy atom. The van der Waals surface area contributed by atoms with E-state index in [1.165, 1.54) is 6.07 Å². The molecular formula is C19H29N3O3S. The molecule has 2 aliphatic rings. The topological polar surface area (TPSA) is 92.5 Å². The van der Waals surface area contributed by atoms with Crippen LogP contribution in [0.3, 0.4) is 0 Å². The van der Waals surface area contributed by atoms with Gasteiger partial charge in [0.2, 0.25) is 10.0 Å². The van der Waals surface area contributed by atoms with Gasteiger partial charge in [0.15, 0.2) is 0 Å². The molecule has 0 bridgehead atoms. The van der Waals surface area contributed by atoms with E-state index in [0.717, 1.165) is 32.1 Å². The molecule has 1 aliphatic heterocycles. The molecule has 1 aromatic carbocycles. The van der Waals surface area contributed by atoms with Crippen molar-refractivity contribution in [2.24, 2.45) is 11.7 Å². The third-order valence-electron chi connectivity index (χ3n) is 5.66. The molecule has 3 N–H and O–H groups in total. The Hall–Kier alpha value is -1.44. The van der Waals surface area contributed by atoms with Crippen molar-refractivity contribution in [3.63, 3.8) is 0 Å². The van der Waals surface area contributed by atoms with Crippen LogP contribution in [-0.2, 0) is 10.0 Å². The van der Waals surface area contributed by atoms with Crippen LogP contribution in [0.25, 0.3) is 0 Å². The predicted molar refractivity (Wildman–Crippen MR) is 101 cm³/mol. The molecule has 1 heterocycles. The van der Waals surface area contributed by atoms with Crippen LogP contribution in [0.5, 0.6) is 0 Å². The molecule has 1 aromatic rings. The third-order valence-corrected chi connectivity index (χ3v) is 7.32. The third kappa shape index (κ3) is 3.94. The minimum atomic E-state index is -3.62. The fraction of sp³-hybridized carbons (Fsp3) is 0.632. The Morgan fingerprint density at radius 3 is 2.62 bits per heavy atom. The molecule has 1 saturated carbocycles. The van der Waals surface area contributed by atoms with Crippen LogP contribution in [0.2, 0.25) is 0 Å². The molecule has 1 saturated heterocycles. The molecule has 1 amide bonds. The number of nitrogens with two attached hydrogens (primary N) is 1. The lowest BCUT2D eigenvalue weighted by Gasteiger charge is -2.22. The van der Waals surface area contributed by atoms with E-state index in [1.807, 2.05) is 11.8 Å². The van der Waals surface area contributed by atoms with E-state index in [0.29, 0.717) is 30.1 Å². The van der Waals surface area contributed by atoms with Gasteiger partial charge in [-0.3, -0.25) is 4.79 Å². The number of nitrogens with zero attached hydrogens (tertiary/aromatic N) is 1.